The third kappa shape index (κ3) is 3.65. The lowest BCUT2D eigenvalue weighted by molar-refractivity contribution is -0.224. The quantitative estimate of drug-likeness (QED) is 0.455. The Hall–Kier alpha value is -2.99. The largest absolute Gasteiger partial charge is 0.388 e. The highest BCUT2D eigenvalue weighted by Gasteiger charge is 2.45. The number of hydrogen-bond donors (Lipinski definition) is 3. The molecule has 2 aromatic heterocycles. The van der Waals surface area contributed by atoms with Gasteiger partial charge in [0, 0.05) is 31.1 Å². The minimum atomic E-state index is -1.46. The van der Waals surface area contributed by atoms with Crippen LogP contribution in [-0.4, -0.2) is 81.6 Å². The van der Waals surface area contributed by atoms with Gasteiger partial charge in [-0.2, -0.15) is 0 Å². The molecule has 1 aromatic carbocycles. The SMILES string of the molecule is O=C1C[C@H]2O[C@H](Cn3cc(nn3)CCn3nnc1c3-c1ccccc1)[C@@H](O)[C@H](O)[C@H]2O. The maximum absolute atomic E-state index is 13.2. The minimum absolute atomic E-state index is 0.124. The van der Waals surface area contributed by atoms with E-state index in [1.165, 1.54) is 4.68 Å². The van der Waals surface area contributed by atoms with Gasteiger partial charge < -0.3 is 20.1 Å². The minimum Gasteiger partial charge on any atom is -0.388 e. The maximum Gasteiger partial charge on any atom is 0.188 e. The van der Waals surface area contributed by atoms with E-state index in [-0.39, 0.29) is 24.4 Å². The molecule has 5 rings (SSSR count). The van der Waals surface area contributed by atoms with Crippen molar-refractivity contribution in [3.05, 3.63) is 47.9 Å². The van der Waals surface area contributed by atoms with Crippen LogP contribution in [0.4, 0.5) is 0 Å². The number of aromatic nitrogens is 6. The molecule has 1 fully saturated rings. The molecule has 3 N–H and O–H groups in total. The molecule has 0 unspecified atom stereocenters. The maximum atomic E-state index is 13.2. The van der Waals surface area contributed by atoms with E-state index in [4.69, 9.17) is 4.74 Å². The molecular weight excluding hydrogens is 404 g/mol. The number of nitrogens with zero attached hydrogens (tertiary/aromatic N) is 6. The first-order chi connectivity index (χ1) is 15.0. The van der Waals surface area contributed by atoms with Crippen molar-refractivity contribution in [1.29, 1.82) is 0 Å². The number of benzene rings is 1. The molecule has 11 heteroatoms. The number of Topliss-reactive ketones (excluding diaryl/α,β-unsaturated/α-hetero) is 1. The lowest BCUT2D eigenvalue weighted by atomic mass is 9.91. The Bertz CT molecular complexity index is 1080. The molecule has 0 amide bonds. The van der Waals surface area contributed by atoms with Gasteiger partial charge in [-0.05, 0) is 0 Å². The molecule has 0 spiro atoms. The van der Waals surface area contributed by atoms with Crippen LogP contribution >= 0.6 is 0 Å². The summed E-state index contributed by atoms with van der Waals surface area (Å²) in [7, 11) is 0. The molecule has 31 heavy (non-hydrogen) atoms. The summed E-state index contributed by atoms with van der Waals surface area (Å²) in [5, 5.41) is 47.7. The van der Waals surface area contributed by atoms with Crippen LogP contribution in [0.3, 0.4) is 0 Å². The zero-order valence-electron chi connectivity index (χ0n) is 16.5. The van der Waals surface area contributed by atoms with Crippen molar-refractivity contribution in [2.24, 2.45) is 0 Å². The van der Waals surface area contributed by atoms with Crippen LogP contribution in [-0.2, 0) is 24.2 Å². The third-order valence-electron chi connectivity index (χ3n) is 5.78. The summed E-state index contributed by atoms with van der Waals surface area (Å²) in [4.78, 5) is 13.2. The fraction of sp³-hybridized carbons (Fsp3) is 0.450. The lowest BCUT2D eigenvalue weighted by Gasteiger charge is -2.40. The molecule has 3 aromatic rings. The zero-order valence-corrected chi connectivity index (χ0v) is 16.5. The molecule has 6 bridgehead atoms. The van der Waals surface area contributed by atoms with Crippen molar-refractivity contribution in [2.75, 3.05) is 0 Å². The molecule has 162 valence electrons. The van der Waals surface area contributed by atoms with Crippen LogP contribution in [0.15, 0.2) is 36.5 Å². The van der Waals surface area contributed by atoms with Gasteiger partial charge in [0.05, 0.1) is 24.0 Å². The smallest absolute Gasteiger partial charge is 0.188 e. The summed E-state index contributed by atoms with van der Waals surface area (Å²) >= 11 is 0. The van der Waals surface area contributed by atoms with Crippen molar-refractivity contribution in [3.63, 3.8) is 0 Å². The molecule has 2 aliphatic heterocycles. The van der Waals surface area contributed by atoms with Gasteiger partial charge in [0.2, 0.25) is 0 Å². The van der Waals surface area contributed by atoms with E-state index < -0.39 is 30.5 Å². The molecule has 0 radical (unpaired) electrons. The Balaban J connectivity index is 1.58. The van der Waals surface area contributed by atoms with Gasteiger partial charge in [-0.3, -0.25) is 4.79 Å². The molecule has 11 nitrogen and oxygen atoms in total. The molecule has 0 aliphatic carbocycles. The molecule has 0 saturated carbocycles. The van der Waals surface area contributed by atoms with Gasteiger partial charge >= 0.3 is 0 Å². The first kappa shape index (κ1) is 19.9. The highest BCUT2D eigenvalue weighted by molar-refractivity contribution is 5.99. The van der Waals surface area contributed by atoms with Crippen LogP contribution in [0.5, 0.6) is 0 Å². The first-order valence-corrected chi connectivity index (χ1v) is 10.1. The number of aliphatic hydroxyl groups is 3. The summed E-state index contributed by atoms with van der Waals surface area (Å²) < 4.78 is 9.01. The van der Waals surface area contributed by atoms with Crippen molar-refractivity contribution in [2.45, 2.75) is 56.5 Å². The Kier molecular flexibility index (Phi) is 5.10. The van der Waals surface area contributed by atoms with E-state index in [9.17, 15) is 20.1 Å². The molecule has 2 aliphatic rings. The number of carbonyl (C=O) groups is 1. The zero-order chi connectivity index (χ0) is 21.5. The average molecular weight is 426 g/mol. The summed E-state index contributed by atoms with van der Waals surface area (Å²) in [6.07, 6.45) is -4.07. The molecule has 4 heterocycles. The van der Waals surface area contributed by atoms with Gasteiger partial charge in [-0.15, -0.1) is 10.2 Å². The van der Waals surface area contributed by atoms with Crippen molar-refractivity contribution >= 4 is 5.78 Å². The Morgan fingerprint density at radius 3 is 2.55 bits per heavy atom. The topological polar surface area (TPSA) is 148 Å². The number of ketones is 1. The monoisotopic (exact) mass is 426 g/mol. The Morgan fingerprint density at radius 1 is 0.968 bits per heavy atom. The number of carbonyl (C=O) groups excluding carboxylic acids is 1. The second-order valence-electron chi connectivity index (χ2n) is 7.87. The van der Waals surface area contributed by atoms with Gasteiger partial charge in [-0.25, -0.2) is 9.36 Å². The summed E-state index contributed by atoms with van der Waals surface area (Å²) in [5.41, 5.74) is 2.21. The van der Waals surface area contributed by atoms with Crippen LogP contribution < -0.4 is 0 Å². The lowest BCUT2D eigenvalue weighted by Crippen LogP contribution is -2.58. The number of aryl methyl sites for hydroxylation is 2. The van der Waals surface area contributed by atoms with Gasteiger partial charge in [0.1, 0.15) is 24.4 Å². The Labute approximate surface area is 176 Å². The molecule has 1 saturated heterocycles. The van der Waals surface area contributed by atoms with E-state index in [1.807, 2.05) is 30.3 Å². The fourth-order valence-electron chi connectivity index (χ4n) is 4.11. The van der Waals surface area contributed by atoms with Gasteiger partial charge in [-0.1, -0.05) is 40.8 Å². The van der Waals surface area contributed by atoms with Crippen LogP contribution in [0.1, 0.15) is 22.6 Å². The van der Waals surface area contributed by atoms with Crippen LogP contribution in [0.25, 0.3) is 11.3 Å². The summed E-state index contributed by atoms with van der Waals surface area (Å²) in [5.74, 6) is -0.370. The van der Waals surface area contributed by atoms with Crippen LogP contribution in [0, 0.1) is 0 Å². The highest BCUT2D eigenvalue weighted by Crippen LogP contribution is 2.28. The molecular formula is C20H22N6O5. The number of ether oxygens (including phenoxy) is 1. The highest BCUT2D eigenvalue weighted by atomic mass is 16.5. The van der Waals surface area contributed by atoms with Crippen molar-refractivity contribution in [3.8, 4) is 11.3 Å². The number of rotatable bonds is 1. The van der Waals surface area contributed by atoms with Crippen molar-refractivity contribution < 1.29 is 24.9 Å². The van der Waals surface area contributed by atoms with E-state index in [0.29, 0.717) is 24.4 Å². The van der Waals surface area contributed by atoms with E-state index in [2.05, 4.69) is 20.6 Å². The first-order valence-electron chi connectivity index (χ1n) is 10.1. The number of hydrogen-bond acceptors (Lipinski definition) is 9. The second kappa shape index (κ2) is 7.93. The van der Waals surface area contributed by atoms with Gasteiger partial charge in [0.15, 0.2) is 11.5 Å². The molecule has 5 atom stereocenters. The normalized spacial score (nSPS) is 28.9. The number of fused-ring (bicyclic) bond motifs is 6. The van der Waals surface area contributed by atoms with Gasteiger partial charge in [0.25, 0.3) is 0 Å². The van der Waals surface area contributed by atoms with E-state index in [0.717, 1.165) is 5.56 Å². The number of aliphatic hydroxyl groups excluding tert-OH is 3. The summed E-state index contributed by atoms with van der Waals surface area (Å²) in [6, 6.07) is 9.34. The van der Waals surface area contributed by atoms with E-state index >= 15 is 0 Å². The Morgan fingerprint density at radius 2 is 1.74 bits per heavy atom. The second-order valence-corrected chi connectivity index (χ2v) is 7.87. The van der Waals surface area contributed by atoms with Crippen LogP contribution in [0.2, 0.25) is 0 Å². The standard InChI is InChI=1S/C20H22N6O5/c27-13-8-14-18(28)20(30)19(29)15(31-14)10-25-9-12(21-23-25)6-7-26-17(16(13)22-24-26)11-4-2-1-3-5-11/h1-5,9,14-15,18-20,28-30H,6-8,10H2/t14-,15-,18+,19-,20-/m1/s1. The fourth-order valence-corrected chi connectivity index (χ4v) is 4.11. The summed E-state index contributed by atoms with van der Waals surface area (Å²) in [6.45, 7) is 0.565. The predicted octanol–water partition coefficient (Wildman–Crippen LogP) is -0.784. The average Bonchev–Trinajstić information content (AvgIpc) is 3.40. The van der Waals surface area contributed by atoms with Crippen molar-refractivity contribution in [1.82, 2.24) is 30.0 Å². The predicted molar refractivity (Wildman–Crippen MR) is 105 cm³/mol. The third-order valence-corrected chi connectivity index (χ3v) is 5.78. The van der Waals surface area contributed by atoms with E-state index in [1.54, 1.807) is 10.9 Å².